The van der Waals surface area contributed by atoms with E-state index in [4.69, 9.17) is 0 Å². The van der Waals surface area contributed by atoms with Gasteiger partial charge in [-0.2, -0.15) is 0 Å². The van der Waals surface area contributed by atoms with Gasteiger partial charge in [-0.1, -0.05) is 36.8 Å². The zero-order chi connectivity index (χ0) is 14.2. The molecule has 21 heavy (non-hydrogen) atoms. The minimum atomic E-state index is -0.108. The van der Waals surface area contributed by atoms with Crippen molar-refractivity contribution < 1.29 is 5.11 Å². The van der Waals surface area contributed by atoms with Gasteiger partial charge >= 0.3 is 0 Å². The summed E-state index contributed by atoms with van der Waals surface area (Å²) in [5.41, 5.74) is 1.47. The van der Waals surface area contributed by atoms with Gasteiger partial charge in [0, 0.05) is 19.1 Å². The van der Waals surface area contributed by atoms with Gasteiger partial charge in [-0.05, 0) is 55.4 Å². The molecule has 5 atom stereocenters. The van der Waals surface area contributed by atoms with Crippen molar-refractivity contribution in [2.24, 2.45) is 11.8 Å². The lowest BCUT2D eigenvalue weighted by atomic mass is 9.79. The highest BCUT2D eigenvalue weighted by molar-refractivity contribution is 5.21. The summed E-state index contributed by atoms with van der Waals surface area (Å²) in [7, 11) is 0. The molecule has 3 aliphatic rings. The molecule has 5 unspecified atom stereocenters. The summed E-state index contributed by atoms with van der Waals surface area (Å²) in [5, 5.41) is 10.5. The molecular weight excluding hydrogens is 258 g/mol. The van der Waals surface area contributed by atoms with Crippen LogP contribution in [0.1, 0.15) is 50.0 Å². The summed E-state index contributed by atoms with van der Waals surface area (Å²) in [5.74, 6) is 2.49. The molecule has 2 heteroatoms. The van der Waals surface area contributed by atoms with Gasteiger partial charge in [0.1, 0.15) is 0 Å². The molecule has 2 aliphatic carbocycles. The third-order valence-electron chi connectivity index (χ3n) is 6.28. The lowest BCUT2D eigenvalue weighted by Crippen LogP contribution is -2.46. The molecule has 1 saturated heterocycles. The lowest BCUT2D eigenvalue weighted by Gasteiger charge is -2.39. The van der Waals surface area contributed by atoms with E-state index in [0.29, 0.717) is 12.0 Å². The monoisotopic (exact) mass is 285 g/mol. The van der Waals surface area contributed by atoms with Crippen molar-refractivity contribution in [1.82, 2.24) is 4.90 Å². The number of likely N-dealkylation sites (tertiary alicyclic amines) is 1. The molecule has 1 heterocycles. The maximum Gasteiger partial charge on any atom is 0.0695 e. The van der Waals surface area contributed by atoms with E-state index in [1.807, 2.05) is 0 Å². The second-order valence-electron chi connectivity index (χ2n) is 7.46. The van der Waals surface area contributed by atoms with E-state index in [-0.39, 0.29) is 6.10 Å². The number of rotatable bonds is 2. The van der Waals surface area contributed by atoms with E-state index in [1.165, 1.54) is 37.9 Å². The summed E-state index contributed by atoms with van der Waals surface area (Å²) < 4.78 is 0. The molecule has 1 aromatic rings. The first-order chi connectivity index (χ1) is 10.3. The zero-order valence-electron chi connectivity index (χ0n) is 12.8. The fourth-order valence-electron chi connectivity index (χ4n) is 5.09. The Hall–Kier alpha value is -0.860. The van der Waals surface area contributed by atoms with Gasteiger partial charge in [0.2, 0.25) is 0 Å². The largest absolute Gasteiger partial charge is 0.391 e. The van der Waals surface area contributed by atoms with Crippen molar-refractivity contribution in [3.05, 3.63) is 35.9 Å². The first-order valence-electron chi connectivity index (χ1n) is 8.78. The standard InChI is InChI=1S/C19H27NO/c21-19-10-9-15(14-5-2-1-3-6-14)11-18(19)20-12-16-7-4-8-17(16)13-20/h1-3,5-6,15-19,21H,4,7-13H2. The third-order valence-corrected chi connectivity index (χ3v) is 6.28. The van der Waals surface area contributed by atoms with Gasteiger partial charge in [-0.15, -0.1) is 0 Å². The van der Waals surface area contributed by atoms with Crippen LogP contribution in [0.4, 0.5) is 0 Å². The van der Waals surface area contributed by atoms with E-state index in [1.54, 1.807) is 0 Å². The Balaban J connectivity index is 1.47. The Bertz CT molecular complexity index is 462. The Kier molecular flexibility index (Phi) is 3.76. The van der Waals surface area contributed by atoms with Crippen LogP contribution in [0.3, 0.4) is 0 Å². The maximum atomic E-state index is 10.5. The summed E-state index contributed by atoms with van der Waals surface area (Å²) in [6.45, 7) is 2.49. The second kappa shape index (κ2) is 5.73. The normalized spacial score (nSPS) is 40.3. The smallest absolute Gasteiger partial charge is 0.0695 e. The second-order valence-corrected chi connectivity index (χ2v) is 7.46. The Morgan fingerprint density at radius 3 is 2.33 bits per heavy atom. The van der Waals surface area contributed by atoms with Crippen molar-refractivity contribution in [2.45, 2.75) is 56.6 Å². The Labute approximate surface area is 128 Å². The number of hydrogen-bond donors (Lipinski definition) is 1. The average Bonchev–Trinajstić information content (AvgIpc) is 3.10. The molecule has 3 fully saturated rings. The highest BCUT2D eigenvalue weighted by Crippen LogP contribution is 2.42. The van der Waals surface area contributed by atoms with E-state index < -0.39 is 0 Å². The molecule has 1 aliphatic heterocycles. The summed E-state index contributed by atoms with van der Waals surface area (Å²) in [6.07, 6.45) is 7.42. The minimum absolute atomic E-state index is 0.108. The van der Waals surface area contributed by atoms with Crippen LogP contribution in [-0.2, 0) is 0 Å². The molecule has 2 saturated carbocycles. The third kappa shape index (κ3) is 2.64. The predicted octanol–water partition coefficient (Wildman–Crippen LogP) is 3.42. The van der Waals surface area contributed by atoms with Crippen LogP contribution in [0.2, 0.25) is 0 Å². The average molecular weight is 285 g/mol. The Morgan fingerprint density at radius 2 is 1.62 bits per heavy atom. The molecule has 0 amide bonds. The zero-order valence-corrected chi connectivity index (χ0v) is 12.8. The summed E-state index contributed by atoms with van der Waals surface area (Å²) >= 11 is 0. The van der Waals surface area contributed by atoms with Gasteiger partial charge in [-0.25, -0.2) is 0 Å². The number of hydrogen-bond acceptors (Lipinski definition) is 2. The molecule has 0 aromatic heterocycles. The Morgan fingerprint density at radius 1 is 0.905 bits per heavy atom. The first kappa shape index (κ1) is 13.8. The first-order valence-corrected chi connectivity index (χ1v) is 8.78. The van der Waals surface area contributed by atoms with Crippen LogP contribution in [0, 0.1) is 11.8 Å². The van der Waals surface area contributed by atoms with Crippen molar-refractivity contribution in [2.75, 3.05) is 13.1 Å². The van der Waals surface area contributed by atoms with Crippen LogP contribution in [0.25, 0.3) is 0 Å². The summed E-state index contributed by atoms with van der Waals surface area (Å²) in [4.78, 5) is 2.63. The van der Waals surface area contributed by atoms with Crippen LogP contribution in [0.15, 0.2) is 30.3 Å². The van der Waals surface area contributed by atoms with E-state index in [9.17, 15) is 5.11 Å². The van der Waals surface area contributed by atoms with E-state index in [2.05, 4.69) is 35.2 Å². The molecule has 2 nitrogen and oxygen atoms in total. The SMILES string of the molecule is OC1CCC(c2ccccc2)CC1N1CC2CCCC2C1. The lowest BCUT2D eigenvalue weighted by molar-refractivity contribution is 0.0209. The fraction of sp³-hybridized carbons (Fsp3) is 0.684. The molecule has 1 N–H and O–H groups in total. The highest BCUT2D eigenvalue weighted by atomic mass is 16.3. The summed E-state index contributed by atoms with van der Waals surface area (Å²) in [6, 6.07) is 11.3. The van der Waals surface area contributed by atoms with Crippen molar-refractivity contribution in [3.63, 3.8) is 0 Å². The van der Waals surface area contributed by atoms with E-state index >= 15 is 0 Å². The number of benzene rings is 1. The molecule has 0 radical (unpaired) electrons. The van der Waals surface area contributed by atoms with Crippen LogP contribution < -0.4 is 0 Å². The van der Waals surface area contributed by atoms with Gasteiger partial charge in [-0.3, -0.25) is 4.90 Å². The van der Waals surface area contributed by atoms with Crippen LogP contribution >= 0.6 is 0 Å². The van der Waals surface area contributed by atoms with E-state index in [0.717, 1.165) is 31.1 Å². The topological polar surface area (TPSA) is 23.5 Å². The van der Waals surface area contributed by atoms with Gasteiger partial charge in [0.25, 0.3) is 0 Å². The molecular formula is C19H27NO. The van der Waals surface area contributed by atoms with Crippen LogP contribution in [-0.4, -0.2) is 35.2 Å². The quantitative estimate of drug-likeness (QED) is 0.900. The van der Waals surface area contributed by atoms with Crippen molar-refractivity contribution >= 4 is 0 Å². The highest BCUT2D eigenvalue weighted by Gasteiger charge is 2.42. The predicted molar refractivity (Wildman–Crippen MR) is 85.2 cm³/mol. The molecule has 114 valence electrons. The fourth-order valence-corrected chi connectivity index (χ4v) is 5.09. The van der Waals surface area contributed by atoms with Gasteiger partial charge in [0.15, 0.2) is 0 Å². The maximum absolute atomic E-state index is 10.5. The number of nitrogens with zero attached hydrogens (tertiary/aromatic N) is 1. The minimum Gasteiger partial charge on any atom is -0.391 e. The molecule has 1 aromatic carbocycles. The molecule has 0 bridgehead atoms. The van der Waals surface area contributed by atoms with Crippen molar-refractivity contribution in [1.29, 1.82) is 0 Å². The van der Waals surface area contributed by atoms with Gasteiger partial charge < -0.3 is 5.11 Å². The number of aliphatic hydroxyl groups is 1. The number of aliphatic hydroxyl groups excluding tert-OH is 1. The van der Waals surface area contributed by atoms with Gasteiger partial charge in [0.05, 0.1) is 6.10 Å². The molecule has 4 rings (SSSR count). The molecule has 0 spiro atoms. The number of fused-ring (bicyclic) bond motifs is 1. The van der Waals surface area contributed by atoms with Crippen molar-refractivity contribution in [3.8, 4) is 0 Å². The van der Waals surface area contributed by atoms with Crippen LogP contribution in [0.5, 0.6) is 0 Å².